The summed E-state index contributed by atoms with van der Waals surface area (Å²) in [6, 6.07) is 11.3. The molecule has 8 heteroatoms. The van der Waals surface area contributed by atoms with E-state index in [2.05, 4.69) is 15.2 Å². The summed E-state index contributed by atoms with van der Waals surface area (Å²) in [5, 5.41) is 16.7. The molecule has 3 aromatic rings. The lowest BCUT2D eigenvalue weighted by Crippen LogP contribution is -2.27. The van der Waals surface area contributed by atoms with Crippen LogP contribution in [0.5, 0.6) is 0 Å². The first-order valence-corrected chi connectivity index (χ1v) is 10.4. The molecule has 0 unspecified atom stereocenters. The number of amidine groups is 1. The maximum absolute atomic E-state index is 12.2. The third-order valence-corrected chi connectivity index (χ3v) is 6.10. The summed E-state index contributed by atoms with van der Waals surface area (Å²) in [6.07, 6.45) is 5.07. The molecule has 0 aliphatic carbocycles. The minimum atomic E-state index is 0.0660. The number of nitrogens with one attached hydrogen (secondary N) is 1. The van der Waals surface area contributed by atoms with Crippen molar-refractivity contribution in [3.63, 3.8) is 0 Å². The van der Waals surface area contributed by atoms with Gasteiger partial charge in [0.1, 0.15) is 5.84 Å². The quantitative estimate of drug-likeness (QED) is 0.373. The molecule has 1 N–H and O–H groups in total. The van der Waals surface area contributed by atoms with Crippen LogP contribution in [-0.4, -0.2) is 44.6 Å². The van der Waals surface area contributed by atoms with Gasteiger partial charge in [0, 0.05) is 31.5 Å². The zero-order valence-electron chi connectivity index (χ0n) is 15.3. The van der Waals surface area contributed by atoms with Crippen LogP contribution in [0.15, 0.2) is 42.6 Å². The van der Waals surface area contributed by atoms with Crippen LogP contribution in [0, 0.1) is 5.41 Å². The summed E-state index contributed by atoms with van der Waals surface area (Å²) in [5.41, 5.74) is 2.56. The Morgan fingerprint density at radius 2 is 1.89 bits per heavy atom. The van der Waals surface area contributed by atoms with Crippen molar-refractivity contribution in [3.05, 3.63) is 63.1 Å². The lowest BCUT2D eigenvalue weighted by atomic mass is 10.1. The number of aryl methyl sites for hydroxylation is 1. The Labute approximate surface area is 172 Å². The highest BCUT2D eigenvalue weighted by Gasteiger charge is 2.16. The van der Waals surface area contributed by atoms with E-state index in [0.29, 0.717) is 27.9 Å². The molecule has 1 aliphatic heterocycles. The second-order valence-electron chi connectivity index (χ2n) is 6.77. The number of Topliss-reactive ketones (excluding diaryl/α,β-unsaturated/α-hetero) is 1. The zero-order valence-corrected chi connectivity index (χ0v) is 16.8. The highest BCUT2D eigenvalue weighted by molar-refractivity contribution is 7.18. The molecule has 28 heavy (non-hydrogen) atoms. The molecule has 0 bridgehead atoms. The first-order valence-electron chi connectivity index (χ1n) is 9.24. The number of aromatic nitrogens is 3. The van der Waals surface area contributed by atoms with E-state index in [-0.39, 0.29) is 5.78 Å². The topological polar surface area (TPSA) is 74.9 Å². The highest BCUT2D eigenvalue weighted by Crippen LogP contribution is 2.23. The summed E-state index contributed by atoms with van der Waals surface area (Å²) in [4.78, 5) is 15.0. The van der Waals surface area contributed by atoms with E-state index in [1.54, 1.807) is 16.8 Å². The fourth-order valence-electron chi connectivity index (χ4n) is 3.26. The number of carbonyl (C=O) groups excluding carboxylic acids is 1. The maximum Gasteiger partial charge on any atom is 0.173 e. The predicted octanol–water partition coefficient (Wildman–Crippen LogP) is 4.22. The van der Waals surface area contributed by atoms with Gasteiger partial charge < -0.3 is 4.90 Å². The summed E-state index contributed by atoms with van der Waals surface area (Å²) >= 11 is 7.18. The number of carbonyl (C=O) groups is 1. The second kappa shape index (κ2) is 8.24. The van der Waals surface area contributed by atoms with Crippen LogP contribution in [0.2, 0.25) is 4.34 Å². The fraction of sp³-hybridized carbons (Fsp3) is 0.300. The first-order chi connectivity index (χ1) is 13.6. The van der Waals surface area contributed by atoms with Crippen molar-refractivity contribution in [3.8, 4) is 5.69 Å². The van der Waals surface area contributed by atoms with Crippen molar-refractivity contribution in [2.24, 2.45) is 0 Å². The van der Waals surface area contributed by atoms with Gasteiger partial charge >= 0.3 is 0 Å². The molecule has 144 valence electrons. The number of rotatable bonds is 6. The minimum absolute atomic E-state index is 0.0660. The van der Waals surface area contributed by atoms with E-state index in [0.717, 1.165) is 42.9 Å². The summed E-state index contributed by atoms with van der Waals surface area (Å²) in [6.45, 7) is 1.92. The van der Waals surface area contributed by atoms with Crippen LogP contribution >= 0.6 is 22.9 Å². The Morgan fingerprint density at radius 3 is 2.57 bits per heavy atom. The van der Waals surface area contributed by atoms with Crippen LogP contribution in [-0.2, 0) is 6.42 Å². The van der Waals surface area contributed by atoms with Gasteiger partial charge in [-0.25, -0.2) is 4.68 Å². The molecule has 1 fully saturated rings. The standard InChI is InChI=1S/C20H20ClN5OS/c21-19-10-9-18(28-19)17(27)8-5-15-13-26(24-23-15)16-6-3-14(4-7-16)20(22)25-11-1-2-12-25/h3-4,6-7,9-10,13,22H,1-2,5,8,11-12H2. The van der Waals surface area contributed by atoms with Gasteiger partial charge in [0.25, 0.3) is 0 Å². The molecule has 1 aliphatic rings. The van der Waals surface area contributed by atoms with Gasteiger partial charge in [0.15, 0.2) is 5.78 Å². The van der Waals surface area contributed by atoms with Crippen molar-refractivity contribution in [1.82, 2.24) is 19.9 Å². The van der Waals surface area contributed by atoms with Crippen molar-refractivity contribution in [1.29, 1.82) is 5.41 Å². The van der Waals surface area contributed by atoms with E-state index in [4.69, 9.17) is 17.0 Å². The Bertz CT molecular complexity index is 988. The maximum atomic E-state index is 12.2. The van der Waals surface area contributed by atoms with Gasteiger partial charge in [-0.05, 0) is 49.2 Å². The highest BCUT2D eigenvalue weighted by atomic mass is 35.5. The largest absolute Gasteiger partial charge is 0.357 e. The van der Waals surface area contributed by atoms with Crippen LogP contribution in [0.4, 0.5) is 0 Å². The van der Waals surface area contributed by atoms with E-state index >= 15 is 0 Å². The van der Waals surface area contributed by atoms with Crippen molar-refractivity contribution in [2.45, 2.75) is 25.7 Å². The van der Waals surface area contributed by atoms with Gasteiger partial charge in [0.05, 0.1) is 26.8 Å². The lowest BCUT2D eigenvalue weighted by Gasteiger charge is -2.18. The molecule has 4 rings (SSSR count). The molecule has 1 aromatic carbocycles. The molecule has 0 radical (unpaired) electrons. The van der Waals surface area contributed by atoms with Gasteiger partial charge in [-0.1, -0.05) is 16.8 Å². The molecule has 0 saturated carbocycles. The van der Waals surface area contributed by atoms with Gasteiger partial charge in [0.2, 0.25) is 0 Å². The van der Waals surface area contributed by atoms with Crippen molar-refractivity contribution < 1.29 is 4.79 Å². The van der Waals surface area contributed by atoms with Gasteiger partial charge in [-0.15, -0.1) is 16.4 Å². The second-order valence-corrected chi connectivity index (χ2v) is 8.49. The first kappa shape index (κ1) is 18.8. The molecule has 2 aromatic heterocycles. The number of hydrogen-bond donors (Lipinski definition) is 1. The number of benzene rings is 1. The van der Waals surface area contributed by atoms with Crippen molar-refractivity contribution in [2.75, 3.05) is 13.1 Å². The number of halogens is 1. The van der Waals surface area contributed by atoms with E-state index < -0.39 is 0 Å². The normalized spacial score (nSPS) is 13.8. The number of nitrogens with zero attached hydrogens (tertiary/aromatic N) is 4. The zero-order chi connectivity index (χ0) is 19.5. The molecular weight excluding hydrogens is 394 g/mol. The van der Waals surface area contributed by atoms with Crippen molar-refractivity contribution >= 4 is 34.6 Å². The molecule has 6 nitrogen and oxygen atoms in total. The molecular formula is C20H20ClN5OS. The Balaban J connectivity index is 1.38. The van der Waals surface area contributed by atoms with Crippen LogP contribution in [0.25, 0.3) is 5.69 Å². The monoisotopic (exact) mass is 413 g/mol. The fourth-order valence-corrected chi connectivity index (χ4v) is 4.27. The lowest BCUT2D eigenvalue weighted by molar-refractivity contribution is 0.0986. The van der Waals surface area contributed by atoms with E-state index in [1.165, 1.54) is 11.3 Å². The smallest absolute Gasteiger partial charge is 0.173 e. The summed E-state index contributed by atoms with van der Waals surface area (Å²) < 4.78 is 2.32. The van der Waals surface area contributed by atoms with Gasteiger partial charge in [-0.2, -0.15) is 0 Å². The minimum Gasteiger partial charge on any atom is -0.357 e. The SMILES string of the molecule is N=C(c1ccc(-n2cc(CCC(=O)c3ccc(Cl)s3)nn2)cc1)N1CCCC1. The third-order valence-electron chi connectivity index (χ3n) is 4.82. The molecule has 0 amide bonds. The third kappa shape index (κ3) is 4.15. The Kier molecular flexibility index (Phi) is 5.54. The van der Waals surface area contributed by atoms with Crippen LogP contribution < -0.4 is 0 Å². The average Bonchev–Trinajstić information content (AvgIpc) is 3.47. The number of ketones is 1. The Morgan fingerprint density at radius 1 is 1.14 bits per heavy atom. The molecule has 1 saturated heterocycles. The van der Waals surface area contributed by atoms with E-state index in [1.807, 2.05) is 30.5 Å². The van der Waals surface area contributed by atoms with Crippen LogP contribution in [0.3, 0.4) is 0 Å². The predicted molar refractivity (Wildman–Crippen MR) is 111 cm³/mol. The molecule has 3 heterocycles. The number of likely N-dealkylation sites (tertiary alicyclic amines) is 1. The summed E-state index contributed by atoms with van der Waals surface area (Å²) in [7, 11) is 0. The van der Waals surface area contributed by atoms with Gasteiger partial charge in [-0.3, -0.25) is 10.2 Å². The number of thiophene rings is 1. The number of hydrogen-bond acceptors (Lipinski definition) is 5. The molecule has 0 spiro atoms. The average molecular weight is 414 g/mol. The Hall–Kier alpha value is -2.51. The summed E-state index contributed by atoms with van der Waals surface area (Å²) in [5.74, 6) is 0.645. The molecule has 0 atom stereocenters. The van der Waals surface area contributed by atoms with Crippen LogP contribution in [0.1, 0.15) is 40.2 Å². The van der Waals surface area contributed by atoms with E-state index in [9.17, 15) is 4.79 Å².